The molecule has 0 aliphatic heterocycles. The van der Waals surface area contributed by atoms with Crippen molar-refractivity contribution in [1.29, 1.82) is 0 Å². The largest absolute Gasteiger partial charge is 0.469 e. The van der Waals surface area contributed by atoms with E-state index in [0.29, 0.717) is 22.8 Å². The van der Waals surface area contributed by atoms with Crippen molar-refractivity contribution in [2.45, 2.75) is 72.3 Å². The van der Waals surface area contributed by atoms with Crippen molar-refractivity contribution < 1.29 is 14.6 Å². The van der Waals surface area contributed by atoms with Crippen LogP contribution in [0.1, 0.15) is 66.2 Å². The summed E-state index contributed by atoms with van der Waals surface area (Å²) in [5.74, 6) is 0.407. The molecule has 0 aromatic rings. The molecule has 3 heteroatoms. The standard InChI is InChI=1S/C21H34O3/c1-13-14(22)12-16-20(4)10-7-9-19(2,3)15(20)8-11-21(16,5)17(13)18(23)24-6/h14-17,22H,1,7-12H2,2-6H3/t14-,15-,16+,17-,20-,21+/m0/s1. The van der Waals surface area contributed by atoms with Gasteiger partial charge < -0.3 is 9.84 Å². The summed E-state index contributed by atoms with van der Waals surface area (Å²) in [5, 5.41) is 10.7. The van der Waals surface area contributed by atoms with E-state index in [0.717, 1.165) is 19.3 Å². The number of fused-ring (bicyclic) bond motifs is 3. The summed E-state index contributed by atoms with van der Waals surface area (Å²) in [6.07, 6.45) is 6.06. The van der Waals surface area contributed by atoms with Gasteiger partial charge in [-0.15, -0.1) is 0 Å². The van der Waals surface area contributed by atoms with Gasteiger partial charge in [0.05, 0.1) is 19.1 Å². The average molecular weight is 334 g/mol. The number of hydrogen-bond acceptors (Lipinski definition) is 3. The first-order chi connectivity index (χ1) is 11.1. The summed E-state index contributed by atoms with van der Waals surface area (Å²) in [5.41, 5.74) is 1.04. The first kappa shape index (κ1) is 18.0. The van der Waals surface area contributed by atoms with Crippen LogP contribution >= 0.6 is 0 Å². The zero-order valence-corrected chi connectivity index (χ0v) is 16.0. The van der Waals surface area contributed by atoms with Crippen molar-refractivity contribution in [3.8, 4) is 0 Å². The molecule has 0 heterocycles. The lowest BCUT2D eigenvalue weighted by atomic mass is 9.39. The maximum Gasteiger partial charge on any atom is 0.313 e. The second-order valence-electron chi connectivity index (χ2n) is 9.78. The molecule has 0 radical (unpaired) electrons. The fourth-order valence-corrected chi connectivity index (χ4v) is 7.10. The highest BCUT2D eigenvalue weighted by Crippen LogP contribution is 2.69. The average Bonchev–Trinajstić information content (AvgIpc) is 2.48. The molecule has 3 aliphatic carbocycles. The number of methoxy groups -OCH3 is 1. The van der Waals surface area contributed by atoms with E-state index < -0.39 is 6.10 Å². The second-order valence-corrected chi connectivity index (χ2v) is 9.78. The minimum Gasteiger partial charge on any atom is -0.469 e. The van der Waals surface area contributed by atoms with Crippen LogP contribution in [0.15, 0.2) is 12.2 Å². The van der Waals surface area contributed by atoms with Crippen LogP contribution in [0.5, 0.6) is 0 Å². The van der Waals surface area contributed by atoms with Crippen LogP contribution in [-0.4, -0.2) is 24.3 Å². The molecule has 3 rings (SSSR count). The number of aliphatic hydroxyl groups is 1. The molecule has 0 spiro atoms. The number of ether oxygens (including phenoxy) is 1. The molecule has 0 unspecified atom stereocenters. The smallest absolute Gasteiger partial charge is 0.313 e. The molecule has 0 amide bonds. The predicted octanol–water partition coefficient (Wildman–Crippen LogP) is 4.35. The second kappa shape index (κ2) is 5.59. The zero-order valence-electron chi connectivity index (χ0n) is 16.0. The number of carbonyl (C=O) groups is 1. The van der Waals surface area contributed by atoms with E-state index >= 15 is 0 Å². The van der Waals surface area contributed by atoms with Gasteiger partial charge in [0.2, 0.25) is 0 Å². The SMILES string of the molecule is C=C1[C@@H](C(=O)OC)[C@]2(C)CC[C@H]3C(C)(C)CCC[C@]3(C)[C@H]2C[C@@H]1O. The van der Waals surface area contributed by atoms with Gasteiger partial charge in [-0.25, -0.2) is 0 Å². The van der Waals surface area contributed by atoms with Gasteiger partial charge in [-0.3, -0.25) is 4.79 Å². The maximum absolute atomic E-state index is 12.6. The Morgan fingerprint density at radius 1 is 1.12 bits per heavy atom. The molecular formula is C21H34O3. The molecule has 3 nitrogen and oxygen atoms in total. The first-order valence-corrected chi connectivity index (χ1v) is 9.52. The molecule has 0 aromatic carbocycles. The molecule has 1 N–H and O–H groups in total. The highest BCUT2D eigenvalue weighted by Gasteiger charge is 2.63. The van der Waals surface area contributed by atoms with Crippen molar-refractivity contribution in [1.82, 2.24) is 0 Å². The van der Waals surface area contributed by atoms with Gasteiger partial charge in [0, 0.05) is 0 Å². The fourth-order valence-electron chi connectivity index (χ4n) is 7.10. The van der Waals surface area contributed by atoms with Crippen molar-refractivity contribution in [2.75, 3.05) is 7.11 Å². The predicted molar refractivity (Wildman–Crippen MR) is 95.3 cm³/mol. The first-order valence-electron chi connectivity index (χ1n) is 9.52. The molecule has 3 saturated carbocycles. The van der Waals surface area contributed by atoms with Gasteiger partial charge in [0.1, 0.15) is 0 Å². The van der Waals surface area contributed by atoms with Crippen LogP contribution in [0, 0.1) is 34.0 Å². The Bertz CT molecular complexity index is 551. The lowest BCUT2D eigenvalue weighted by Crippen LogP contribution is -2.61. The van der Waals surface area contributed by atoms with Crippen molar-refractivity contribution in [3.05, 3.63) is 12.2 Å². The maximum atomic E-state index is 12.6. The quantitative estimate of drug-likeness (QED) is 0.573. The molecule has 6 atom stereocenters. The van der Waals surface area contributed by atoms with E-state index in [4.69, 9.17) is 4.74 Å². The van der Waals surface area contributed by atoms with Crippen LogP contribution in [0.4, 0.5) is 0 Å². The third-order valence-corrected chi connectivity index (χ3v) is 8.19. The molecular weight excluding hydrogens is 300 g/mol. The Balaban J connectivity index is 2.06. The van der Waals surface area contributed by atoms with Crippen LogP contribution in [0.3, 0.4) is 0 Å². The van der Waals surface area contributed by atoms with Crippen molar-refractivity contribution in [3.63, 3.8) is 0 Å². The topological polar surface area (TPSA) is 46.5 Å². The Hall–Kier alpha value is -0.830. The molecule has 136 valence electrons. The van der Waals surface area contributed by atoms with Crippen molar-refractivity contribution >= 4 is 5.97 Å². The van der Waals surface area contributed by atoms with E-state index in [9.17, 15) is 9.90 Å². The Labute approximate surface area is 146 Å². The number of carbonyl (C=O) groups excluding carboxylic acids is 1. The van der Waals surface area contributed by atoms with Crippen LogP contribution in [-0.2, 0) is 9.53 Å². The Kier molecular flexibility index (Phi) is 4.18. The molecule has 3 aliphatic rings. The van der Waals surface area contributed by atoms with Gasteiger partial charge in [0.25, 0.3) is 0 Å². The van der Waals surface area contributed by atoms with Gasteiger partial charge in [-0.2, -0.15) is 0 Å². The molecule has 0 saturated heterocycles. The van der Waals surface area contributed by atoms with E-state index in [2.05, 4.69) is 34.3 Å². The molecule has 0 bridgehead atoms. The van der Waals surface area contributed by atoms with E-state index in [1.807, 2.05) is 0 Å². The number of aliphatic hydroxyl groups excluding tert-OH is 1. The van der Waals surface area contributed by atoms with Gasteiger partial charge in [0.15, 0.2) is 0 Å². The normalized spacial score (nSPS) is 47.5. The molecule has 24 heavy (non-hydrogen) atoms. The van der Waals surface area contributed by atoms with Crippen molar-refractivity contribution in [2.24, 2.45) is 34.0 Å². The van der Waals surface area contributed by atoms with Gasteiger partial charge in [-0.05, 0) is 65.8 Å². The monoisotopic (exact) mass is 334 g/mol. The molecule has 0 aromatic heterocycles. The highest BCUT2D eigenvalue weighted by atomic mass is 16.5. The van der Waals surface area contributed by atoms with Crippen LogP contribution in [0.2, 0.25) is 0 Å². The lowest BCUT2D eigenvalue weighted by molar-refractivity contribution is -0.182. The molecule has 3 fully saturated rings. The lowest BCUT2D eigenvalue weighted by Gasteiger charge is -2.65. The zero-order chi connectivity index (χ0) is 17.9. The number of esters is 1. The fraction of sp³-hybridized carbons (Fsp3) is 0.857. The summed E-state index contributed by atoms with van der Waals surface area (Å²) in [6, 6.07) is 0. The Morgan fingerprint density at radius 2 is 1.79 bits per heavy atom. The highest BCUT2D eigenvalue weighted by molar-refractivity contribution is 5.77. The number of rotatable bonds is 1. The minimum absolute atomic E-state index is 0.151. The summed E-state index contributed by atoms with van der Waals surface area (Å²) >= 11 is 0. The summed E-state index contributed by atoms with van der Waals surface area (Å²) < 4.78 is 5.12. The summed E-state index contributed by atoms with van der Waals surface area (Å²) in [7, 11) is 1.45. The van der Waals surface area contributed by atoms with E-state index in [-0.39, 0.29) is 22.7 Å². The van der Waals surface area contributed by atoms with Crippen LogP contribution in [0.25, 0.3) is 0 Å². The van der Waals surface area contributed by atoms with Gasteiger partial charge >= 0.3 is 5.97 Å². The summed E-state index contributed by atoms with van der Waals surface area (Å²) in [6.45, 7) is 13.6. The Morgan fingerprint density at radius 3 is 2.42 bits per heavy atom. The third kappa shape index (κ3) is 2.30. The number of hydrogen-bond donors (Lipinski definition) is 1. The van der Waals surface area contributed by atoms with E-state index in [1.54, 1.807) is 0 Å². The summed E-state index contributed by atoms with van der Waals surface area (Å²) in [4.78, 5) is 12.6. The van der Waals surface area contributed by atoms with Crippen LogP contribution < -0.4 is 0 Å². The third-order valence-electron chi connectivity index (χ3n) is 8.19. The van der Waals surface area contributed by atoms with E-state index in [1.165, 1.54) is 26.4 Å². The van der Waals surface area contributed by atoms with Gasteiger partial charge in [-0.1, -0.05) is 40.7 Å². The minimum atomic E-state index is -0.590.